The highest BCUT2D eigenvalue weighted by Gasteiger charge is 2.23. The molecule has 0 aliphatic carbocycles. The molecule has 0 radical (unpaired) electrons. The lowest BCUT2D eigenvalue weighted by molar-refractivity contribution is 0.111. The molecule has 13 heteroatoms. The lowest BCUT2D eigenvalue weighted by Gasteiger charge is -2.29. The Morgan fingerprint density at radius 3 is 2.64 bits per heavy atom. The standard InChI is InChI=1S/C26H30ClN7O4S/c1-15(2)37-19-7-10-28-22(14-19)39(35,36)33-21-6-5-17(13-20(21)27)24-29-25-23(16(3)31-32-25)26(30-24)38-18-8-11-34(4)12-9-18/h5-7,10,13-15,18,33H,8-9,11-12H2,1-4H3,(H,29,30,31,32). The van der Waals surface area contributed by atoms with Gasteiger partial charge in [-0.05, 0) is 64.9 Å². The van der Waals surface area contributed by atoms with E-state index in [4.69, 9.17) is 26.1 Å². The Balaban J connectivity index is 1.42. The third-order valence-electron chi connectivity index (χ3n) is 6.33. The molecule has 5 rings (SSSR count). The molecule has 3 aromatic heterocycles. The molecule has 0 saturated carbocycles. The number of nitrogens with zero attached hydrogens (tertiary/aromatic N) is 5. The zero-order valence-electron chi connectivity index (χ0n) is 22.1. The second-order valence-electron chi connectivity index (χ2n) is 9.82. The molecular weight excluding hydrogens is 542 g/mol. The lowest BCUT2D eigenvalue weighted by Crippen LogP contribution is -2.35. The van der Waals surface area contributed by atoms with Crippen molar-refractivity contribution in [2.75, 3.05) is 24.9 Å². The van der Waals surface area contributed by atoms with Gasteiger partial charge in [-0.25, -0.2) is 9.97 Å². The fourth-order valence-electron chi connectivity index (χ4n) is 4.32. The summed E-state index contributed by atoms with van der Waals surface area (Å²) < 4.78 is 40.4. The highest BCUT2D eigenvalue weighted by molar-refractivity contribution is 7.92. The zero-order valence-corrected chi connectivity index (χ0v) is 23.7. The molecule has 0 atom stereocenters. The Morgan fingerprint density at radius 2 is 1.92 bits per heavy atom. The van der Waals surface area contributed by atoms with Gasteiger partial charge in [-0.15, -0.1) is 0 Å². The van der Waals surface area contributed by atoms with Crippen molar-refractivity contribution in [1.29, 1.82) is 0 Å². The maximum Gasteiger partial charge on any atom is 0.279 e. The predicted molar refractivity (Wildman–Crippen MR) is 149 cm³/mol. The second kappa shape index (κ2) is 10.9. The van der Waals surface area contributed by atoms with Crippen LogP contribution in [0.4, 0.5) is 5.69 Å². The molecule has 1 fully saturated rings. The molecule has 0 amide bonds. The van der Waals surface area contributed by atoms with Crippen molar-refractivity contribution in [3.05, 3.63) is 47.2 Å². The molecular formula is C26H30ClN7O4S. The first-order valence-electron chi connectivity index (χ1n) is 12.6. The average Bonchev–Trinajstić information content (AvgIpc) is 3.27. The SMILES string of the molecule is Cc1[nH]nc2nc(-c3ccc(NS(=O)(=O)c4cc(OC(C)C)ccn4)c(Cl)c3)nc(OC3CCN(C)CC3)c12. The first kappa shape index (κ1) is 27.1. The number of nitrogens with one attached hydrogen (secondary N) is 2. The van der Waals surface area contributed by atoms with Gasteiger partial charge in [-0.3, -0.25) is 9.82 Å². The summed E-state index contributed by atoms with van der Waals surface area (Å²) in [6.45, 7) is 7.51. The molecule has 1 saturated heterocycles. The van der Waals surface area contributed by atoms with Gasteiger partial charge in [-0.1, -0.05) is 11.6 Å². The minimum atomic E-state index is -4.02. The number of aromatic nitrogens is 5. The third-order valence-corrected chi connectivity index (χ3v) is 7.91. The van der Waals surface area contributed by atoms with E-state index in [9.17, 15) is 8.42 Å². The number of aromatic amines is 1. The van der Waals surface area contributed by atoms with Crippen molar-refractivity contribution in [3.63, 3.8) is 0 Å². The van der Waals surface area contributed by atoms with E-state index < -0.39 is 10.0 Å². The van der Waals surface area contributed by atoms with Gasteiger partial charge < -0.3 is 14.4 Å². The molecule has 39 heavy (non-hydrogen) atoms. The molecule has 4 heterocycles. The molecule has 1 aromatic carbocycles. The molecule has 0 unspecified atom stereocenters. The first-order chi connectivity index (χ1) is 18.6. The van der Waals surface area contributed by atoms with Crippen molar-refractivity contribution >= 4 is 38.3 Å². The zero-order chi connectivity index (χ0) is 27.7. The Labute approximate surface area is 232 Å². The molecule has 1 aliphatic rings. The summed E-state index contributed by atoms with van der Waals surface area (Å²) in [6, 6.07) is 7.82. The minimum absolute atomic E-state index is 0.0415. The van der Waals surface area contributed by atoms with Crippen LogP contribution in [0.15, 0.2) is 41.6 Å². The number of H-pyrrole nitrogens is 1. The second-order valence-corrected chi connectivity index (χ2v) is 11.9. The van der Waals surface area contributed by atoms with Crippen LogP contribution in [0.3, 0.4) is 0 Å². The number of sulfonamides is 1. The van der Waals surface area contributed by atoms with Crippen molar-refractivity contribution < 1.29 is 17.9 Å². The summed E-state index contributed by atoms with van der Waals surface area (Å²) in [6.07, 6.45) is 3.11. The van der Waals surface area contributed by atoms with Crippen LogP contribution < -0.4 is 14.2 Å². The van der Waals surface area contributed by atoms with E-state index in [1.807, 2.05) is 20.8 Å². The maximum atomic E-state index is 13.0. The normalized spacial score (nSPS) is 15.1. The Hall–Kier alpha value is -3.48. The van der Waals surface area contributed by atoms with Crippen molar-refractivity contribution in [1.82, 2.24) is 30.0 Å². The Bertz CT molecular complexity index is 1600. The van der Waals surface area contributed by atoms with Crippen LogP contribution in [-0.4, -0.2) is 70.8 Å². The number of likely N-dealkylation sites (tertiary alicyclic amines) is 1. The number of halogens is 1. The number of aryl methyl sites for hydroxylation is 1. The van der Waals surface area contributed by atoms with E-state index in [0.717, 1.165) is 37.0 Å². The molecule has 2 N–H and O–H groups in total. The maximum absolute atomic E-state index is 13.0. The first-order valence-corrected chi connectivity index (χ1v) is 14.5. The number of piperidine rings is 1. The van der Waals surface area contributed by atoms with E-state index in [1.165, 1.54) is 12.3 Å². The topological polar surface area (TPSA) is 135 Å². The number of rotatable bonds is 8. The van der Waals surface area contributed by atoms with E-state index in [1.54, 1.807) is 24.3 Å². The molecule has 4 aromatic rings. The van der Waals surface area contributed by atoms with Gasteiger partial charge in [0.15, 0.2) is 16.5 Å². The van der Waals surface area contributed by atoms with Crippen molar-refractivity contribution in [3.8, 4) is 23.0 Å². The van der Waals surface area contributed by atoms with Gasteiger partial charge in [0.1, 0.15) is 17.2 Å². The van der Waals surface area contributed by atoms with Gasteiger partial charge in [0.25, 0.3) is 10.0 Å². The number of fused-ring (bicyclic) bond motifs is 1. The van der Waals surface area contributed by atoms with Crippen molar-refractivity contribution in [2.45, 2.75) is 50.8 Å². The summed E-state index contributed by atoms with van der Waals surface area (Å²) in [5, 5.41) is 8.00. The van der Waals surface area contributed by atoms with Gasteiger partial charge in [0.05, 0.1) is 16.8 Å². The van der Waals surface area contributed by atoms with Gasteiger partial charge in [0, 0.05) is 36.6 Å². The number of benzene rings is 1. The summed E-state index contributed by atoms with van der Waals surface area (Å²) >= 11 is 6.52. The fraction of sp³-hybridized carbons (Fsp3) is 0.385. The Morgan fingerprint density at radius 1 is 1.15 bits per heavy atom. The van der Waals surface area contributed by atoms with E-state index in [2.05, 4.69) is 36.8 Å². The summed E-state index contributed by atoms with van der Waals surface area (Å²) in [7, 11) is -1.92. The van der Waals surface area contributed by atoms with E-state index >= 15 is 0 Å². The number of pyridine rings is 1. The van der Waals surface area contributed by atoms with E-state index in [0.29, 0.717) is 28.7 Å². The molecule has 11 nitrogen and oxygen atoms in total. The number of ether oxygens (including phenoxy) is 2. The molecule has 0 spiro atoms. The average molecular weight is 572 g/mol. The highest BCUT2D eigenvalue weighted by atomic mass is 35.5. The van der Waals surface area contributed by atoms with Crippen LogP contribution in [0.2, 0.25) is 5.02 Å². The monoisotopic (exact) mass is 571 g/mol. The van der Waals surface area contributed by atoms with Gasteiger partial charge in [-0.2, -0.15) is 18.5 Å². The summed E-state index contributed by atoms with van der Waals surface area (Å²) in [5.74, 6) is 1.24. The number of hydrogen-bond donors (Lipinski definition) is 2. The summed E-state index contributed by atoms with van der Waals surface area (Å²) in [4.78, 5) is 15.6. The van der Waals surface area contributed by atoms with Crippen LogP contribution in [0.25, 0.3) is 22.4 Å². The van der Waals surface area contributed by atoms with Crippen LogP contribution in [-0.2, 0) is 10.0 Å². The minimum Gasteiger partial charge on any atom is -0.491 e. The highest BCUT2D eigenvalue weighted by Crippen LogP contribution is 2.33. The quantitative estimate of drug-likeness (QED) is 0.314. The van der Waals surface area contributed by atoms with Crippen molar-refractivity contribution in [2.24, 2.45) is 0 Å². The van der Waals surface area contributed by atoms with Crippen LogP contribution in [0.1, 0.15) is 32.4 Å². The lowest BCUT2D eigenvalue weighted by atomic mass is 10.1. The van der Waals surface area contributed by atoms with Crippen LogP contribution >= 0.6 is 11.6 Å². The van der Waals surface area contributed by atoms with Gasteiger partial charge >= 0.3 is 0 Å². The molecule has 0 bridgehead atoms. The summed E-state index contributed by atoms with van der Waals surface area (Å²) in [5.41, 5.74) is 2.08. The molecule has 206 valence electrons. The number of anilines is 1. The predicted octanol–water partition coefficient (Wildman–Crippen LogP) is 4.44. The Kier molecular flexibility index (Phi) is 7.61. The van der Waals surface area contributed by atoms with Gasteiger partial charge in [0.2, 0.25) is 5.88 Å². The largest absolute Gasteiger partial charge is 0.491 e. The third kappa shape index (κ3) is 6.07. The molecule has 1 aliphatic heterocycles. The van der Waals surface area contributed by atoms with Crippen LogP contribution in [0.5, 0.6) is 11.6 Å². The van der Waals surface area contributed by atoms with Crippen LogP contribution in [0, 0.1) is 6.92 Å². The van der Waals surface area contributed by atoms with E-state index in [-0.39, 0.29) is 27.9 Å². The smallest absolute Gasteiger partial charge is 0.279 e. The number of hydrogen-bond acceptors (Lipinski definition) is 9. The fourth-order valence-corrected chi connectivity index (χ4v) is 5.65.